The Bertz CT molecular complexity index is 1070. The second kappa shape index (κ2) is 11.0. The zero-order valence-electron chi connectivity index (χ0n) is 17.9. The number of benzene rings is 1. The van der Waals surface area contributed by atoms with Crippen LogP contribution in [0.1, 0.15) is 22.8 Å². The number of guanidine groups is 1. The van der Waals surface area contributed by atoms with Crippen molar-refractivity contribution in [1.29, 1.82) is 0 Å². The van der Waals surface area contributed by atoms with Gasteiger partial charge < -0.3 is 15.0 Å². The Kier molecular flexibility index (Phi) is 8.30. The molecule has 0 saturated carbocycles. The predicted molar refractivity (Wildman–Crippen MR) is 129 cm³/mol. The standard InChI is InChI=1S/C22H23F3N6O.HI/c1-26-21(28-14-16-6-8-27-20(12-16)31-9-3-7-29-31)30-10-11-32-19(15-30)17-4-2-5-18(13-17)22(23,24)25;/h2-9,12-13,19H,10-11,14-15H2,1H3,(H,26,28);1H. The minimum absolute atomic E-state index is 0. The zero-order chi connectivity index (χ0) is 22.6. The summed E-state index contributed by atoms with van der Waals surface area (Å²) in [6.45, 7) is 1.88. The third-order valence-corrected chi connectivity index (χ3v) is 5.16. The summed E-state index contributed by atoms with van der Waals surface area (Å²) < 4.78 is 46.7. The Morgan fingerprint density at radius 3 is 2.79 bits per heavy atom. The molecule has 3 heterocycles. The van der Waals surface area contributed by atoms with Gasteiger partial charge in [0.05, 0.1) is 18.7 Å². The second-order valence-electron chi connectivity index (χ2n) is 7.30. The van der Waals surface area contributed by atoms with Gasteiger partial charge in [0.2, 0.25) is 0 Å². The number of morpholine rings is 1. The number of hydrogen-bond donors (Lipinski definition) is 1. The molecule has 7 nitrogen and oxygen atoms in total. The van der Waals surface area contributed by atoms with Crippen LogP contribution in [0.2, 0.25) is 0 Å². The molecular weight excluding hydrogens is 548 g/mol. The third kappa shape index (κ3) is 6.22. The maximum atomic E-state index is 13.1. The minimum atomic E-state index is -4.39. The number of halogens is 4. The van der Waals surface area contributed by atoms with Crippen LogP contribution in [-0.2, 0) is 17.5 Å². The van der Waals surface area contributed by atoms with E-state index in [9.17, 15) is 13.2 Å². The van der Waals surface area contributed by atoms with Crippen LogP contribution in [0, 0.1) is 0 Å². The van der Waals surface area contributed by atoms with Crippen LogP contribution in [0.5, 0.6) is 0 Å². The Hall–Kier alpha value is -2.67. The first-order valence-electron chi connectivity index (χ1n) is 10.1. The van der Waals surface area contributed by atoms with E-state index in [1.165, 1.54) is 6.07 Å². The van der Waals surface area contributed by atoms with Gasteiger partial charge in [-0.2, -0.15) is 18.3 Å². The summed E-state index contributed by atoms with van der Waals surface area (Å²) in [6, 6.07) is 10.9. The second-order valence-corrected chi connectivity index (χ2v) is 7.30. The van der Waals surface area contributed by atoms with Gasteiger partial charge in [-0.05, 0) is 41.5 Å². The van der Waals surface area contributed by atoms with Gasteiger partial charge in [-0.1, -0.05) is 12.1 Å². The fourth-order valence-corrected chi connectivity index (χ4v) is 3.57. The molecule has 0 aliphatic carbocycles. The van der Waals surface area contributed by atoms with Crippen LogP contribution in [0.4, 0.5) is 13.2 Å². The fraction of sp³-hybridized carbons (Fsp3) is 0.318. The smallest absolute Gasteiger partial charge is 0.370 e. The van der Waals surface area contributed by atoms with E-state index >= 15 is 0 Å². The summed E-state index contributed by atoms with van der Waals surface area (Å²) >= 11 is 0. The summed E-state index contributed by atoms with van der Waals surface area (Å²) in [4.78, 5) is 10.7. The first-order chi connectivity index (χ1) is 15.4. The molecule has 1 N–H and O–H groups in total. The van der Waals surface area contributed by atoms with E-state index in [4.69, 9.17) is 4.74 Å². The van der Waals surface area contributed by atoms with E-state index in [1.807, 2.05) is 29.3 Å². The average molecular weight is 572 g/mol. The van der Waals surface area contributed by atoms with Crippen molar-refractivity contribution in [3.63, 3.8) is 0 Å². The van der Waals surface area contributed by atoms with Gasteiger partial charge in [0.25, 0.3) is 0 Å². The molecule has 4 rings (SSSR count). The highest BCUT2D eigenvalue weighted by atomic mass is 127. The number of hydrogen-bond acceptors (Lipinski definition) is 4. The maximum Gasteiger partial charge on any atom is 0.416 e. The number of aromatic nitrogens is 3. The van der Waals surface area contributed by atoms with Crippen molar-refractivity contribution in [2.24, 2.45) is 4.99 Å². The molecule has 1 aliphatic heterocycles. The lowest BCUT2D eigenvalue weighted by Gasteiger charge is -2.35. The predicted octanol–water partition coefficient (Wildman–Crippen LogP) is 4.05. The number of rotatable bonds is 4. The van der Waals surface area contributed by atoms with Crippen LogP contribution >= 0.6 is 24.0 Å². The van der Waals surface area contributed by atoms with Crippen molar-refractivity contribution >= 4 is 29.9 Å². The summed E-state index contributed by atoms with van der Waals surface area (Å²) in [5.41, 5.74) is 0.816. The zero-order valence-corrected chi connectivity index (χ0v) is 20.2. The SMILES string of the molecule is CN=C(NCc1ccnc(-n2cccn2)c1)N1CCOC(c2cccc(C(F)(F)F)c2)C1.I. The van der Waals surface area contributed by atoms with Crippen molar-refractivity contribution < 1.29 is 17.9 Å². The highest BCUT2D eigenvalue weighted by Gasteiger charge is 2.32. The van der Waals surface area contributed by atoms with E-state index in [-0.39, 0.29) is 24.0 Å². The Morgan fingerprint density at radius 1 is 1.21 bits per heavy atom. The van der Waals surface area contributed by atoms with Gasteiger partial charge in [0.1, 0.15) is 6.10 Å². The number of nitrogens with one attached hydrogen (secondary N) is 1. The molecule has 2 aromatic heterocycles. The molecule has 33 heavy (non-hydrogen) atoms. The topological polar surface area (TPSA) is 67.6 Å². The quantitative estimate of drug-likeness (QED) is 0.291. The number of alkyl halides is 3. The first kappa shape index (κ1) is 25.0. The average Bonchev–Trinajstić information content (AvgIpc) is 3.35. The molecule has 3 aromatic rings. The minimum Gasteiger partial charge on any atom is -0.370 e. The van der Waals surface area contributed by atoms with Crippen molar-refractivity contribution in [2.45, 2.75) is 18.8 Å². The number of pyridine rings is 1. The number of ether oxygens (including phenoxy) is 1. The molecule has 1 aliphatic rings. The lowest BCUT2D eigenvalue weighted by atomic mass is 10.0. The molecule has 1 unspecified atom stereocenters. The maximum absolute atomic E-state index is 13.1. The van der Waals surface area contributed by atoms with E-state index < -0.39 is 17.8 Å². The Morgan fingerprint density at radius 2 is 2.06 bits per heavy atom. The normalized spacial score (nSPS) is 16.9. The lowest BCUT2D eigenvalue weighted by molar-refractivity contribution is -0.137. The highest BCUT2D eigenvalue weighted by Crippen LogP contribution is 2.32. The van der Waals surface area contributed by atoms with Crippen LogP contribution in [0.15, 0.2) is 66.0 Å². The molecule has 1 fully saturated rings. The number of nitrogens with zero attached hydrogens (tertiary/aromatic N) is 5. The van der Waals surface area contributed by atoms with E-state index in [2.05, 4.69) is 20.4 Å². The van der Waals surface area contributed by atoms with Crippen LogP contribution < -0.4 is 5.32 Å². The van der Waals surface area contributed by atoms with Gasteiger partial charge in [0, 0.05) is 38.7 Å². The molecule has 11 heteroatoms. The van der Waals surface area contributed by atoms with Crippen molar-refractivity contribution in [2.75, 3.05) is 26.7 Å². The molecule has 0 spiro atoms. The molecule has 0 radical (unpaired) electrons. The largest absolute Gasteiger partial charge is 0.416 e. The molecule has 1 aromatic carbocycles. The van der Waals surface area contributed by atoms with Gasteiger partial charge in [-0.15, -0.1) is 24.0 Å². The molecular formula is C22H24F3IN6O. The molecule has 1 saturated heterocycles. The number of aliphatic imine (C=N–C) groups is 1. The lowest BCUT2D eigenvalue weighted by Crippen LogP contribution is -2.48. The van der Waals surface area contributed by atoms with Gasteiger partial charge in [0.15, 0.2) is 11.8 Å². The van der Waals surface area contributed by atoms with Gasteiger partial charge in [-0.3, -0.25) is 4.99 Å². The summed E-state index contributed by atoms with van der Waals surface area (Å²) in [6.07, 6.45) is 0.363. The van der Waals surface area contributed by atoms with E-state index in [0.29, 0.717) is 43.6 Å². The first-order valence-corrected chi connectivity index (χ1v) is 10.1. The van der Waals surface area contributed by atoms with Crippen molar-refractivity contribution in [1.82, 2.24) is 25.0 Å². The van der Waals surface area contributed by atoms with Crippen LogP contribution in [0.3, 0.4) is 0 Å². The van der Waals surface area contributed by atoms with Crippen LogP contribution in [0.25, 0.3) is 5.82 Å². The van der Waals surface area contributed by atoms with E-state index in [0.717, 1.165) is 17.7 Å². The van der Waals surface area contributed by atoms with Crippen molar-refractivity contribution in [3.8, 4) is 5.82 Å². The van der Waals surface area contributed by atoms with Gasteiger partial charge >= 0.3 is 6.18 Å². The Balaban J connectivity index is 0.00000306. The molecule has 0 amide bonds. The fourth-order valence-electron chi connectivity index (χ4n) is 3.57. The third-order valence-electron chi connectivity index (χ3n) is 5.16. The summed E-state index contributed by atoms with van der Waals surface area (Å²) in [5.74, 6) is 1.36. The molecule has 176 valence electrons. The van der Waals surface area contributed by atoms with Crippen LogP contribution in [-0.4, -0.2) is 52.4 Å². The van der Waals surface area contributed by atoms with Crippen molar-refractivity contribution in [3.05, 3.63) is 77.7 Å². The summed E-state index contributed by atoms with van der Waals surface area (Å²) in [7, 11) is 1.68. The van der Waals surface area contributed by atoms with Gasteiger partial charge in [-0.25, -0.2) is 9.67 Å². The summed E-state index contributed by atoms with van der Waals surface area (Å²) in [5, 5.41) is 7.51. The Labute approximate surface area is 206 Å². The molecule has 1 atom stereocenters. The molecule has 0 bridgehead atoms. The monoisotopic (exact) mass is 572 g/mol. The van der Waals surface area contributed by atoms with E-state index in [1.54, 1.807) is 30.2 Å². The highest BCUT2D eigenvalue weighted by molar-refractivity contribution is 14.0.